The fraction of sp³-hybridized carbons (Fsp3) is 0.353. The summed E-state index contributed by atoms with van der Waals surface area (Å²) in [5, 5.41) is 9.00. The predicted molar refractivity (Wildman–Crippen MR) is 92.8 cm³/mol. The van der Waals surface area contributed by atoms with E-state index in [0.29, 0.717) is 16.6 Å². The Morgan fingerprint density at radius 2 is 2.04 bits per heavy atom. The van der Waals surface area contributed by atoms with E-state index in [0.717, 1.165) is 31.5 Å². The van der Waals surface area contributed by atoms with Crippen LogP contribution in [0, 0.1) is 0 Å². The van der Waals surface area contributed by atoms with Gasteiger partial charge in [0.25, 0.3) is 5.56 Å². The summed E-state index contributed by atoms with van der Waals surface area (Å²) in [4.78, 5) is 30.5. The number of halogens is 1. The number of hydrogen-bond donors (Lipinski definition) is 2. The molecule has 0 radical (unpaired) electrons. The lowest BCUT2D eigenvalue weighted by molar-refractivity contribution is 0.144. The highest BCUT2D eigenvalue weighted by Gasteiger charge is 2.22. The lowest BCUT2D eigenvalue weighted by Gasteiger charge is -2.21. The van der Waals surface area contributed by atoms with Gasteiger partial charge in [0.15, 0.2) is 5.75 Å². The van der Waals surface area contributed by atoms with E-state index in [1.54, 1.807) is 10.6 Å². The molecule has 8 heteroatoms. The van der Waals surface area contributed by atoms with Crippen LogP contribution in [0.5, 0.6) is 5.75 Å². The van der Waals surface area contributed by atoms with Gasteiger partial charge < -0.3 is 14.8 Å². The van der Waals surface area contributed by atoms with Crippen LogP contribution in [0.1, 0.15) is 43.8 Å². The number of carbonyl (C=O) groups is 1. The maximum absolute atomic E-state index is 12.4. The van der Waals surface area contributed by atoms with Crippen LogP contribution < -0.4 is 10.3 Å². The summed E-state index contributed by atoms with van der Waals surface area (Å²) in [5.74, 6) is 1.13. The van der Waals surface area contributed by atoms with Crippen LogP contribution >= 0.6 is 11.6 Å². The number of imidazole rings is 1. The fourth-order valence-corrected chi connectivity index (χ4v) is 3.82. The van der Waals surface area contributed by atoms with Gasteiger partial charge >= 0.3 is 6.16 Å². The van der Waals surface area contributed by atoms with Crippen molar-refractivity contribution < 1.29 is 14.6 Å². The summed E-state index contributed by atoms with van der Waals surface area (Å²) < 4.78 is 6.55. The van der Waals surface area contributed by atoms with Crippen molar-refractivity contribution >= 4 is 34.3 Å². The van der Waals surface area contributed by atoms with E-state index in [4.69, 9.17) is 21.4 Å². The number of rotatable bonds is 2. The maximum Gasteiger partial charge on any atom is 0.511 e. The first-order valence-corrected chi connectivity index (χ1v) is 8.56. The van der Waals surface area contributed by atoms with Crippen LogP contribution in [-0.4, -0.2) is 25.6 Å². The van der Waals surface area contributed by atoms with Gasteiger partial charge in [-0.05, 0) is 18.9 Å². The van der Waals surface area contributed by atoms with Crippen LogP contribution in [0.15, 0.2) is 23.1 Å². The minimum absolute atomic E-state index is 0.0262. The lowest BCUT2D eigenvalue weighted by atomic mass is 9.89. The van der Waals surface area contributed by atoms with Crippen molar-refractivity contribution in [1.29, 1.82) is 0 Å². The monoisotopic (exact) mass is 361 g/mol. The molecular weight excluding hydrogens is 346 g/mol. The van der Waals surface area contributed by atoms with Gasteiger partial charge in [0.1, 0.15) is 11.3 Å². The first-order chi connectivity index (χ1) is 12.0. The van der Waals surface area contributed by atoms with Gasteiger partial charge in [-0.2, -0.15) is 0 Å². The standard InChI is InChI=1S/C17H16ClN3O4/c18-10-6-11-12(7-14(10)25-17(23)24)21-13(16(22)20-11)8-19-15(21)9-4-2-1-3-5-9/h6-9H,1-5H2,(H,20,22)(H,23,24). The maximum atomic E-state index is 12.4. The second kappa shape index (κ2) is 6.07. The SMILES string of the molecule is O=C(O)Oc1cc2c(cc1Cl)[nH]c(=O)c1cnc(C3CCCCC3)n12. The van der Waals surface area contributed by atoms with E-state index in [-0.39, 0.29) is 22.2 Å². The second-order valence-electron chi connectivity index (χ2n) is 6.29. The quantitative estimate of drug-likeness (QED) is 0.532. The van der Waals surface area contributed by atoms with E-state index in [2.05, 4.69) is 9.97 Å². The zero-order valence-corrected chi connectivity index (χ0v) is 14.0. The first-order valence-electron chi connectivity index (χ1n) is 8.18. The summed E-state index contributed by atoms with van der Waals surface area (Å²) >= 11 is 6.08. The Balaban J connectivity index is 2.00. The Kier molecular flexibility index (Phi) is 3.88. The van der Waals surface area contributed by atoms with Crippen LogP contribution in [0.3, 0.4) is 0 Å². The van der Waals surface area contributed by atoms with Crippen LogP contribution in [0.2, 0.25) is 5.02 Å². The smallest absolute Gasteiger partial charge is 0.449 e. The molecule has 0 spiro atoms. The van der Waals surface area contributed by atoms with Crippen molar-refractivity contribution in [2.24, 2.45) is 0 Å². The summed E-state index contributed by atoms with van der Waals surface area (Å²) in [5.41, 5.74) is 1.30. The molecule has 0 atom stereocenters. The Morgan fingerprint density at radius 1 is 1.28 bits per heavy atom. The molecule has 0 saturated heterocycles. The molecule has 2 N–H and O–H groups in total. The fourth-order valence-electron chi connectivity index (χ4n) is 3.61. The minimum atomic E-state index is -1.44. The van der Waals surface area contributed by atoms with Crippen molar-refractivity contribution in [3.8, 4) is 5.75 Å². The van der Waals surface area contributed by atoms with Gasteiger partial charge in [0, 0.05) is 12.0 Å². The molecule has 0 aliphatic heterocycles. The predicted octanol–water partition coefficient (Wildman–Crippen LogP) is 3.93. The summed E-state index contributed by atoms with van der Waals surface area (Å²) in [6, 6.07) is 3.03. The largest absolute Gasteiger partial charge is 0.511 e. The Labute approximate surface area is 147 Å². The highest BCUT2D eigenvalue weighted by molar-refractivity contribution is 6.32. The van der Waals surface area contributed by atoms with E-state index in [1.165, 1.54) is 18.6 Å². The Bertz CT molecular complexity index is 1030. The number of aromatic nitrogens is 3. The summed E-state index contributed by atoms with van der Waals surface area (Å²) in [6.07, 6.45) is 5.67. The molecule has 1 saturated carbocycles. The molecular formula is C17H16ClN3O4. The first kappa shape index (κ1) is 16.0. The van der Waals surface area contributed by atoms with Gasteiger partial charge in [-0.25, -0.2) is 9.78 Å². The number of ether oxygens (including phenoxy) is 1. The number of hydrogen-bond acceptors (Lipinski definition) is 4. The van der Waals surface area contributed by atoms with Crippen molar-refractivity contribution in [1.82, 2.24) is 14.4 Å². The van der Waals surface area contributed by atoms with Gasteiger partial charge in [-0.3, -0.25) is 9.20 Å². The average Bonchev–Trinajstić information content (AvgIpc) is 3.03. The number of fused-ring (bicyclic) bond motifs is 3. The number of nitrogens with one attached hydrogen (secondary N) is 1. The van der Waals surface area contributed by atoms with Gasteiger partial charge in [0.2, 0.25) is 0 Å². The highest BCUT2D eigenvalue weighted by Crippen LogP contribution is 2.34. The molecule has 2 aromatic heterocycles. The van der Waals surface area contributed by atoms with Crippen molar-refractivity contribution in [2.75, 3.05) is 0 Å². The van der Waals surface area contributed by atoms with Gasteiger partial charge in [0.05, 0.1) is 22.3 Å². The van der Waals surface area contributed by atoms with Crippen molar-refractivity contribution in [3.05, 3.63) is 39.5 Å². The molecule has 25 heavy (non-hydrogen) atoms. The van der Waals surface area contributed by atoms with Crippen LogP contribution in [0.25, 0.3) is 16.6 Å². The molecule has 1 aromatic carbocycles. The zero-order valence-electron chi connectivity index (χ0n) is 13.3. The third-order valence-corrected chi connectivity index (χ3v) is 5.02. The molecule has 130 valence electrons. The lowest BCUT2D eigenvalue weighted by Crippen LogP contribution is -2.14. The normalized spacial score (nSPS) is 15.7. The highest BCUT2D eigenvalue weighted by atomic mass is 35.5. The molecule has 1 fully saturated rings. The van der Waals surface area contributed by atoms with E-state index in [1.807, 2.05) is 0 Å². The van der Waals surface area contributed by atoms with E-state index < -0.39 is 6.16 Å². The van der Waals surface area contributed by atoms with Crippen molar-refractivity contribution in [3.63, 3.8) is 0 Å². The second-order valence-corrected chi connectivity index (χ2v) is 6.70. The number of nitrogens with zero attached hydrogens (tertiary/aromatic N) is 2. The summed E-state index contributed by atoms with van der Waals surface area (Å²) in [7, 11) is 0. The third kappa shape index (κ3) is 2.74. The molecule has 4 rings (SSSR count). The Hall–Kier alpha value is -2.54. The minimum Gasteiger partial charge on any atom is -0.449 e. The van der Waals surface area contributed by atoms with E-state index >= 15 is 0 Å². The zero-order chi connectivity index (χ0) is 17.6. The topological polar surface area (TPSA) is 96.7 Å². The van der Waals surface area contributed by atoms with Gasteiger partial charge in [-0.1, -0.05) is 30.9 Å². The number of aromatic amines is 1. The molecule has 3 aromatic rings. The summed E-state index contributed by atoms with van der Waals surface area (Å²) in [6.45, 7) is 0. The molecule has 7 nitrogen and oxygen atoms in total. The molecule has 1 aliphatic rings. The van der Waals surface area contributed by atoms with Crippen molar-refractivity contribution in [2.45, 2.75) is 38.0 Å². The molecule has 0 unspecified atom stereocenters. The van der Waals surface area contributed by atoms with E-state index in [9.17, 15) is 9.59 Å². The number of H-pyrrole nitrogens is 1. The molecule has 0 bridgehead atoms. The molecule has 1 aliphatic carbocycles. The van der Waals surface area contributed by atoms with Crippen LogP contribution in [0.4, 0.5) is 4.79 Å². The third-order valence-electron chi connectivity index (χ3n) is 4.73. The Morgan fingerprint density at radius 3 is 2.76 bits per heavy atom. The number of benzene rings is 1. The number of carboxylic acid groups (broad SMARTS) is 1. The molecule has 2 heterocycles. The van der Waals surface area contributed by atoms with Gasteiger partial charge in [-0.15, -0.1) is 0 Å². The average molecular weight is 362 g/mol. The van der Waals surface area contributed by atoms with Crippen LogP contribution in [-0.2, 0) is 0 Å². The molecule has 0 amide bonds.